The van der Waals surface area contributed by atoms with Gasteiger partial charge < -0.3 is 15.4 Å². The normalized spacial score (nSPS) is 10.6. The van der Waals surface area contributed by atoms with E-state index in [1.165, 1.54) is 7.11 Å². The summed E-state index contributed by atoms with van der Waals surface area (Å²) in [5, 5.41) is 10.5. The van der Waals surface area contributed by atoms with Crippen LogP contribution in [0.5, 0.6) is 0 Å². The van der Waals surface area contributed by atoms with Gasteiger partial charge >= 0.3 is 5.97 Å². The van der Waals surface area contributed by atoms with Gasteiger partial charge in [-0.25, -0.2) is 10.2 Å². The lowest BCUT2D eigenvalue weighted by Gasteiger charge is -2.10. The van der Waals surface area contributed by atoms with Crippen molar-refractivity contribution in [2.75, 3.05) is 23.2 Å². The molecule has 1 aromatic heterocycles. The van der Waals surface area contributed by atoms with Crippen molar-refractivity contribution in [3.05, 3.63) is 96.1 Å². The first-order chi connectivity index (χ1) is 16.2. The minimum absolute atomic E-state index is 0.254. The minimum Gasteiger partial charge on any atom is -0.465 e. The second kappa shape index (κ2) is 10.5. The standard InChI is InChI=1S/C24H21N7O2/c1-33-21(32)18-14-12-17(13-15-18)16-25-31-24-29-22(26-19-8-4-2-5-9-19)28-23(30-24)27-20-10-6-3-7-11-20/h2-16H,1H3,(H3,26,27,28,29,30,31). The molecule has 0 saturated heterocycles. The maximum atomic E-state index is 11.5. The van der Waals surface area contributed by atoms with Gasteiger partial charge in [0.2, 0.25) is 17.8 Å². The number of benzene rings is 3. The van der Waals surface area contributed by atoms with E-state index in [0.717, 1.165) is 16.9 Å². The summed E-state index contributed by atoms with van der Waals surface area (Å²) in [5.41, 5.74) is 5.77. The van der Waals surface area contributed by atoms with E-state index in [2.05, 4.69) is 36.1 Å². The predicted octanol–water partition coefficient (Wildman–Crippen LogP) is 4.59. The predicted molar refractivity (Wildman–Crippen MR) is 128 cm³/mol. The van der Waals surface area contributed by atoms with Crippen LogP contribution in [0.15, 0.2) is 90.0 Å². The van der Waals surface area contributed by atoms with E-state index in [1.807, 2.05) is 60.7 Å². The van der Waals surface area contributed by atoms with Gasteiger partial charge in [-0.1, -0.05) is 48.5 Å². The number of anilines is 5. The molecule has 9 nitrogen and oxygen atoms in total. The highest BCUT2D eigenvalue weighted by atomic mass is 16.5. The molecule has 0 atom stereocenters. The molecule has 0 aliphatic carbocycles. The quantitative estimate of drug-likeness (QED) is 0.208. The zero-order valence-electron chi connectivity index (χ0n) is 17.8. The first-order valence-corrected chi connectivity index (χ1v) is 10.1. The molecule has 0 bridgehead atoms. The molecule has 164 valence electrons. The Labute approximate surface area is 190 Å². The van der Waals surface area contributed by atoms with Crippen molar-refractivity contribution >= 4 is 41.4 Å². The summed E-state index contributed by atoms with van der Waals surface area (Å²) in [6.45, 7) is 0. The van der Waals surface area contributed by atoms with Crippen molar-refractivity contribution in [1.82, 2.24) is 15.0 Å². The van der Waals surface area contributed by atoms with E-state index < -0.39 is 5.97 Å². The van der Waals surface area contributed by atoms with Crippen LogP contribution in [0.3, 0.4) is 0 Å². The number of hydrazone groups is 1. The van der Waals surface area contributed by atoms with Gasteiger partial charge in [0.05, 0.1) is 18.9 Å². The van der Waals surface area contributed by atoms with Gasteiger partial charge in [-0.2, -0.15) is 20.1 Å². The Morgan fingerprint density at radius 3 is 1.79 bits per heavy atom. The first kappa shape index (κ1) is 21.4. The highest BCUT2D eigenvalue weighted by Gasteiger charge is 2.08. The molecule has 0 aliphatic rings. The molecule has 3 N–H and O–H groups in total. The lowest BCUT2D eigenvalue weighted by molar-refractivity contribution is 0.0600. The summed E-state index contributed by atoms with van der Waals surface area (Å²) in [5.74, 6) is 0.576. The molecule has 0 amide bonds. The number of hydrogen-bond acceptors (Lipinski definition) is 9. The average molecular weight is 439 g/mol. The second-order valence-electron chi connectivity index (χ2n) is 6.77. The number of nitrogens with one attached hydrogen (secondary N) is 3. The van der Waals surface area contributed by atoms with Crippen molar-refractivity contribution in [3.63, 3.8) is 0 Å². The van der Waals surface area contributed by atoms with E-state index in [9.17, 15) is 4.79 Å². The van der Waals surface area contributed by atoms with Crippen LogP contribution in [0.25, 0.3) is 0 Å². The number of methoxy groups -OCH3 is 1. The number of esters is 1. The molecule has 4 rings (SSSR count). The fraction of sp³-hybridized carbons (Fsp3) is 0.0417. The fourth-order valence-corrected chi connectivity index (χ4v) is 2.83. The Morgan fingerprint density at radius 2 is 1.27 bits per heavy atom. The van der Waals surface area contributed by atoms with Gasteiger partial charge in [0.1, 0.15) is 0 Å². The molecule has 4 aromatic rings. The number of rotatable bonds is 8. The van der Waals surface area contributed by atoms with Gasteiger partial charge in [0.15, 0.2) is 0 Å². The molecular weight excluding hydrogens is 418 g/mol. The van der Waals surface area contributed by atoms with Crippen LogP contribution in [-0.2, 0) is 4.74 Å². The molecule has 0 saturated carbocycles. The smallest absolute Gasteiger partial charge is 0.337 e. The van der Waals surface area contributed by atoms with Gasteiger partial charge in [0, 0.05) is 11.4 Å². The second-order valence-corrected chi connectivity index (χ2v) is 6.77. The third-order valence-corrected chi connectivity index (χ3v) is 4.41. The third-order valence-electron chi connectivity index (χ3n) is 4.41. The minimum atomic E-state index is -0.390. The van der Waals surface area contributed by atoms with Crippen molar-refractivity contribution in [3.8, 4) is 0 Å². The largest absolute Gasteiger partial charge is 0.465 e. The summed E-state index contributed by atoms with van der Waals surface area (Å²) < 4.78 is 4.70. The fourth-order valence-electron chi connectivity index (χ4n) is 2.83. The Hall–Kier alpha value is -4.79. The maximum absolute atomic E-state index is 11.5. The van der Waals surface area contributed by atoms with E-state index in [1.54, 1.807) is 30.5 Å². The molecule has 0 unspecified atom stereocenters. The molecule has 0 spiro atoms. The summed E-state index contributed by atoms with van der Waals surface area (Å²) in [4.78, 5) is 24.8. The van der Waals surface area contributed by atoms with Crippen LogP contribution in [-0.4, -0.2) is 34.2 Å². The van der Waals surface area contributed by atoms with Gasteiger partial charge in [0.25, 0.3) is 0 Å². The number of aromatic nitrogens is 3. The summed E-state index contributed by atoms with van der Waals surface area (Å²) in [6, 6.07) is 26.0. The van der Waals surface area contributed by atoms with Crippen LogP contribution < -0.4 is 16.1 Å². The molecular formula is C24H21N7O2. The third kappa shape index (κ3) is 6.11. The number of hydrogen-bond donors (Lipinski definition) is 3. The number of carbonyl (C=O) groups is 1. The van der Waals surface area contributed by atoms with Crippen LogP contribution >= 0.6 is 0 Å². The first-order valence-electron chi connectivity index (χ1n) is 10.1. The molecule has 0 radical (unpaired) electrons. The van der Waals surface area contributed by atoms with E-state index in [0.29, 0.717) is 17.5 Å². The van der Waals surface area contributed by atoms with Crippen molar-refractivity contribution in [2.24, 2.45) is 5.10 Å². The molecule has 0 aliphatic heterocycles. The molecule has 1 heterocycles. The summed E-state index contributed by atoms with van der Waals surface area (Å²) in [7, 11) is 1.35. The Kier molecular flexibility index (Phi) is 6.82. The lowest BCUT2D eigenvalue weighted by atomic mass is 10.1. The Bertz CT molecular complexity index is 1170. The van der Waals surface area contributed by atoms with Crippen LogP contribution in [0.1, 0.15) is 15.9 Å². The number of ether oxygens (including phenoxy) is 1. The number of para-hydroxylation sites is 2. The van der Waals surface area contributed by atoms with E-state index in [4.69, 9.17) is 4.74 Å². The zero-order chi connectivity index (χ0) is 22.9. The van der Waals surface area contributed by atoms with Crippen LogP contribution in [0.4, 0.5) is 29.2 Å². The molecule has 9 heteroatoms. The van der Waals surface area contributed by atoms with Gasteiger partial charge in [-0.05, 0) is 42.0 Å². The molecule has 0 fully saturated rings. The highest BCUT2D eigenvalue weighted by molar-refractivity contribution is 5.90. The zero-order valence-corrected chi connectivity index (χ0v) is 17.8. The SMILES string of the molecule is COC(=O)c1ccc(C=NNc2nc(Nc3ccccc3)nc(Nc3ccccc3)n2)cc1. The van der Waals surface area contributed by atoms with E-state index in [-0.39, 0.29) is 5.95 Å². The van der Waals surface area contributed by atoms with E-state index >= 15 is 0 Å². The number of carbonyl (C=O) groups excluding carboxylic acids is 1. The molecule has 33 heavy (non-hydrogen) atoms. The Balaban J connectivity index is 1.52. The van der Waals surface area contributed by atoms with Crippen molar-refractivity contribution in [1.29, 1.82) is 0 Å². The average Bonchev–Trinajstić information content (AvgIpc) is 2.85. The summed E-state index contributed by atoms with van der Waals surface area (Å²) >= 11 is 0. The monoisotopic (exact) mass is 439 g/mol. The maximum Gasteiger partial charge on any atom is 0.337 e. The topological polar surface area (TPSA) is 113 Å². The molecule has 3 aromatic carbocycles. The lowest BCUT2D eigenvalue weighted by Crippen LogP contribution is -2.07. The van der Waals surface area contributed by atoms with Crippen molar-refractivity contribution in [2.45, 2.75) is 0 Å². The Morgan fingerprint density at radius 1 is 0.758 bits per heavy atom. The van der Waals surface area contributed by atoms with Crippen molar-refractivity contribution < 1.29 is 9.53 Å². The number of nitrogens with zero attached hydrogens (tertiary/aromatic N) is 4. The van der Waals surface area contributed by atoms with Crippen LogP contribution in [0, 0.1) is 0 Å². The van der Waals surface area contributed by atoms with Gasteiger partial charge in [-0.15, -0.1) is 0 Å². The van der Waals surface area contributed by atoms with Gasteiger partial charge in [-0.3, -0.25) is 0 Å². The van der Waals surface area contributed by atoms with Crippen LogP contribution in [0.2, 0.25) is 0 Å². The highest BCUT2D eigenvalue weighted by Crippen LogP contribution is 2.18. The summed E-state index contributed by atoms with van der Waals surface area (Å²) in [6.07, 6.45) is 1.60.